The van der Waals surface area contributed by atoms with Crippen LogP contribution in [0.4, 0.5) is 0 Å². The molecule has 0 saturated carbocycles. The molecule has 0 saturated heterocycles. The van der Waals surface area contributed by atoms with E-state index < -0.39 is 0 Å². The van der Waals surface area contributed by atoms with Gasteiger partial charge in [-0.2, -0.15) is 0 Å². The zero-order valence-electron chi connectivity index (χ0n) is 10.5. The predicted octanol–water partition coefficient (Wildman–Crippen LogP) is 2.47. The van der Waals surface area contributed by atoms with Crippen molar-refractivity contribution in [3.63, 3.8) is 0 Å². The van der Waals surface area contributed by atoms with Crippen LogP contribution in [0, 0.1) is 6.92 Å². The molecule has 0 radical (unpaired) electrons. The summed E-state index contributed by atoms with van der Waals surface area (Å²) >= 11 is 0. The lowest BCUT2D eigenvalue weighted by molar-refractivity contribution is -0.122. The van der Waals surface area contributed by atoms with Gasteiger partial charge in [-0.1, -0.05) is 18.2 Å². The first kappa shape index (κ1) is 11.7. The highest BCUT2D eigenvalue weighted by molar-refractivity contribution is 5.84. The van der Waals surface area contributed by atoms with E-state index in [0.29, 0.717) is 6.54 Å². The van der Waals surface area contributed by atoms with Gasteiger partial charge < -0.3 is 9.88 Å². The Balaban J connectivity index is 2.29. The fourth-order valence-electron chi connectivity index (χ4n) is 2.07. The van der Waals surface area contributed by atoms with Crippen molar-refractivity contribution in [3.8, 4) is 0 Å². The number of carbonyl (C=O) groups excluding carboxylic acids is 1. The molecule has 2 aromatic rings. The number of fused-ring (bicyclic) bond motifs is 1. The lowest BCUT2D eigenvalue weighted by Gasteiger charge is -2.11. The number of benzene rings is 1. The minimum absolute atomic E-state index is 0.0597. The van der Waals surface area contributed by atoms with E-state index in [-0.39, 0.29) is 11.9 Å². The lowest BCUT2D eigenvalue weighted by Crippen LogP contribution is -2.33. The molecule has 1 N–H and O–H groups in total. The van der Waals surface area contributed by atoms with Crippen molar-refractivity contribution in [3.05, 3.63) is 36.0 Å². The number of aromatic nitrogens is 1. The highest BCUT2D eigenvalue weighted by Gasteiger charge is 2.09. The van der Waals surface area contributed by atoms with Crippen LogP contribution in [-0.2, 0) is 11.3 Å². The first-order valence-electron chi connectivity index (χ1n) is 5.92. The third kappa shape index (κ3) is 2.49. The minimum Gasteiger partial charge on any atom is -0.352 e. The van der Waals surface area contributed by atoms with E-state index >= 15 is 0 Å². The number of amides is 1. The maximum Gasteiger partial charge on any atom is 0.240 e. The van der Waals surface area contributed by atoms with E-state index in [2.05, 4.69) is 17.4 Å². The van der Waals surface area contributed by atoms with Crippen molar-refractivity contribution in [1.82, 2.24) is 9.88 Å². The molecule has 3 nitrogen and oxygen atoms in total. The maximum atomic E-state index is 11.8. The van der Waals surface area contributed by atoms with Gasteiger partial charge in [0.25, 0.3) is 0 Å². The average Bonchev–Trinajstić information content (AvgIpc) is 2.55. The van der Waals surface area contributed by atoms with Crippen LogP contribution in [0.5, 0.6) is 0 Å². The third-order valence-electron chi connectivity index (χ3n) is 2.77. The number of hydrogen-bond donors (Lipinski definition) is 1. The number of nitrogens with one attached hydrogen (secondary N) is 1. The van der Waals surface area contributed by atoms with E-state index in [1.54, 1.807) is 0 Å². The molecule has 0 atom stereocenters. The molecule has 0 aliphatic rings. The Bertz CT molecular complexity index is 540. The SMILES string of the molecule is Cc1cc2ccccc2n1CC(=O)NC(C)C. The van der Waals surface area contributed by atoms with Crippen LogP contribution in [-0.4, -0.2) is 16.5 Å². The summed E-state index contributed by atoms with van der Waals surface area (Å²) in [6.45, 7) is 6.36. The molecule has 0 fully saturated rings. The average molecular weight is 230 g/mol. The molecule has 17 heavy (non-hydrogen) atoms. The molecule has 90 valence electrons. The summed E-state index contributed by atoms with van der Waals surface area (Å²) in [6.07, 6.45) is 0. The quantitative estimate of drug-likeness (QED) is 0.863. The Labute approximate surface area is 101 Å². The summed E-state index contributed by atoms with van der Waals surface area (Å²) in [7, 11) is 0. The van der Waals surface area contributed by atoms with Crippen LogP contribution >= 0.6 is 0 Å². The fourth-order valence-corrected chi connectivity index (χ4v) is 2.07. The van der Waals surface area contributed by atoms with Crippen molar-refractivity contribution in [1.29, 1.82) is 0 Å². The molecule has 3 heteroatoms. The van der Waals surface area contributed by atoms with Gasteiger partial charge in [0.05, 0.1) is 0 Å². The van der Waals surface area contributed by atoms with Gasteiger partial charge in [0.1, 0.15) is 6.54 Å². The van der Waals surface area contributed by atoms with E-state index in [0.717, 1.165) is 11.2 Å². The van der Waals surface area contributed by atoms with Crippen LogP contribution in [0.3, 0.4) is 0 Å². The van der Waals surface area contributed by atoms with Crippen molar-refractivity contribution < 1.29 is 4.79 Å². The Morgan fingerprint density at radius 2 is 2.06 bits per heavy atom. The van der Waals surface area contributed by atoms with Gasteiger partial charge in [0, 0.05) is 17.3 Å². The number of nitrogens with zero attached hydrogens (tertiary/aromatic N) is 1. The number of aryl methyl sites for hydroxylation is 1. The lowest BCUT2D eigenvalue weighted by atomic mass is 10.2. The molecule has 0 aliphatic carbocycles. The highest BCUT2D eigenvalue weighted by atomic mass is 16.2. The first-order chi connectivity index (χ1) is 8.08. The van der Waals surface area contributed by atoms with E-state index in [1.807, 2.05) is 43.5 Å². The van der Waals surface area contributed by atoms with Crippen molar-refractivity contribution in [2.45, 2.75) is 33.4 Å². The Kier molecular flexibility index (Phi) is 3.18. The molecule has 1 aromatic carbocycles. The van der Waals surface area contributed by atoms with Crippen LogP contribution in [0.2, 0.25) is 0 Å². The maximum absolute atomic E-state index is 11.8. The first-order valence-corrected chi connectivity index (χ1v) is 5.92. The predicted molar refractivity (Wildman–Crippen MR) is 70.0 cm³/mol. The van der Waals surface area contributed by atoms with Crippen molar-refractivity contribution >= 4 is 16.8 Å². The molecule has 0 unspecified atom stereocenters. The smallest absolute Gasteiger partial charge is 0.240 e. The number of carbonyl (C=O) groups is 1. The molecule has 2 rings (SSSR count). The summed E-state index contributed by atoms with van der Waals surface area (Å²) < 4.78 is 2.05. The number of para-hydroxylation sites is 1. The molecule has 0 bridgehead atoms. The summed E-state index contributed by atoms with van der Waals surface area (Å²) in [5.41, 5.74) is 2.23. The summed E-state index contributed by atoms with van der Waals surface area (Å²) in [5.74, 6) is 0.0597. The number of hydrogen-bond acceptors (Lipinski definition) is 1. The molecular weight excluding hydrogens is 212 g/mol. The standard InChI is InChI=1S/C14H18N2O/c1-10(2)15-14(17)9-16-11(3)8-12-6-4-5-7-13(12)16/h4-8,10H,9H2,1-3H3,(H,15,17). The fraction of sp³-hybridized carbons (Fsp3) is 0.357. The molecule has 1 heterocycles. The van der Waals surface area contributed by atoms with E-state index in [1.165, 1.54) is 5.39 Å². The van der Waals surface area contributed by atoms with Gasteiger partial charge in [0.2, 0.25) is 5.91 Å². The zero-order chi connectivity index (χ0) is 12.4. The van der Waals surface area contributed by atoms with E-state index in [9.17, 15) is 4.79 Å². The normalized spacial score (nSPS) is 11.1. The van der Waals surface area contributed by atoms with Gasteiger partial charge in [-0.05, 0) is 38.3 Å². The highest BCUT2D eigenvalue weighted by Crippen LogP contribution is 2.18. The Morgan fingerprint density at radius 3 is 2.76 bits per heavy atom. The van der Waals surface area contributed by atoms with Crippen LogP contribution in [0.25, 0.3) is 10.9 Å². The Hall–Kier alpha value is -1.77. The second-order valence-electron chi connectivity index (χ2n) is 4.65. The molecule has 1 amide bonds. The largest absolute Gasteiger partial charge is 0.352 e. The van der Waals surface area contributed by atoms with Gasteiger partial charge in [-0.25, -0.2) is 0 Å². The zero-order valence-corrected chi connectivity index (χ0v) is 10.5. The Morgan fingerprint density at radius 1 is 1.35 bits per heavy atom. The molecular formula is C14H18N2O. The third-order valence-corrected chi connectivity index (χ3v) is 2.77. The van der Waals surface area contributed by atoms with Gasteiger partial charge >= 0.3 is 0 Å². The van der Waals surface area contributed by atoms with Crippen LogP contribution in [0.15, 0.2) is 30.3 Å². The van der Waals surface area contributed by atoms with Crippen LogP contribution < -0.4 is 5.32 Å². The molecule has 1 aromatic heterocycles. The van der Waals surface area contributed by atoms with E-state index in [4.69, 9.17) is 0 Å². The monoisotopic (exact) mass is 230 g/mol. The van der Waals surface area contributed by atoms with Gasteiger partial charge in [-0.3, -0.25) is 4.79 Å². The van der Waals surface area contributed by atoms with Gasteiger partial charge in [0.15, 0.2) is 0 Å². The molecule has 0 spiro atoms. The molecule has 0 aliphatic heterocycles. The van der Waals surface area contributed by atoms with Crippen LogP contribution in [0.1, 0.15) is 19.5 Å². The number of rotatable bonds is 3. The second-order valence-corrected chi connectivity index (χ2v) is 4.65. The van der Waals surface area contributed by atoms with Crippen molar-refractivity contribution in [2.75, 3.05) is 0 Å². The van der Waals surface area contributed by atoms with Crippen molar-refractivity contribution in [2.24, 2.45) is 0 Å². The summed E-state index contributed by atoms with van der Waals surface area (Å²) in [4.78, 5) is 11.8. The summed E-state index contributed by atoms with van der Waals surface area (Å²) in [6, 6.07) is 10.4. The van der Waals surface area contributed by atoms with Gasteiger partial charge in [-0.15, -0.1) is 0 Å². The topological polar surface area (TPSA) is 34.0 Å². The second kappa shape index (κ2) is 4.62. The summed E-state index contributed by atoms with van der Waals surface area (Å²) in [5, 5.41) is 4.10. The minimum atomic E-state index is 0.0597.